The molecule has 0 aliphatic carbocycles. The maximum absolute atomic E-state index is 12.4. The molecule has 0 heterocycles. The number of carbonyl (C=O) groups is 1. The summed E-state index contributed by atoms with van der Waals surface area (Å²) in [6.07, 6.45) is 0. The van der Waals surface area contributed by atoms with Crippen LogP contribution in [0.5, 0.6) is 5.75 Å². The Labute approximate surface area is 179 Å². The van der Waals surface area contributed by atoms with Crippen LogP contribution in [0.3, 0.4) is 0 Å². The van der Waals surface area contributed by atoms with Crippen molar-refractivity contribution in [3.8, 4) is 11.8 Å². The van der Waals surface area contributed by atoms with Crippen LogP contribution in [0, 0.1) is 21.4 Å². The molecule has 3 aromatic carbocycles. The molecule has 0 aliphatic heterocycles. The van der Waals surface area contributed by atoms with Gasteiger partial charge in [0, 0.05) is 23.5 Å². The van der Waals surface area contributed by atoms with E-state index in [0.717, 1.165) is 11.3 Å². The monoisotopic (exact) mass is 416 g/mol. The van der Waals surface area contributed by atoms with E-state index in [1.807, 2.05) is 12.1 Å². The lowest BCUT2D eigenvalue weighted by Crippen LogP contribution is -2.31. The van der Waals surface area contributed by atoms with Gasteiger partial charge in [-0.05, 0) is 61.0 Å². The zero-order valence-electron chi connectivity index (χ0n) is 16.7. The predicted octanol–water partition coefficient (Wildman–Crippen LogP) is 4.48. The minimum Gasteiger partial charge on any atom is -0.489 e. The summed E-state index contributed by atoms with van der Waals surface area (Å²) in [5.41, 5.74) is 2.67. The van der Waals surface area contributed by atoms with Gasteiger partial charge >= 0.3 is 0 Å². The smallest absolute Gasteiger partial charge is 0.269 e. The van der Waals surface area contributed by atoms with Crippen molar-refractivity contribution in [1.82, 2.24) is 0 Å². The van der Waals surface area contributed by atoms with Crippen LogP contribution in [0.4, 0.5) is 17.1 Å². The second-order valence-electron chi connectivity index (χ2n) is 6.78. The summed E-state index contributed by atoms with van der Waals surface area (Å²) in [6.45, 7) is 2.06. The van der Waals surface area contributed by atoms with Crippen LogP contribution in [-0.2, 0) is 11.4 Å². The number of nitrogens with one attached hydrogen (secondary N) is 2. The highest BCUT2D eigenvalue weighted by atomic mass is 16.6. The van der Waals surface area contributed by atoms with E-state index in [2.05, 4.69) is 16.7 Å². The van der Waals surface area contributed by atoms with Gasteiger partial charge in [0.05, 0.1) is 16.6 Å². The average molecular weight is 416 g/mol. The number of amides is 1. The van der Waals surface area contributed by atoms with Crippen molar-refractivity contribution in [2.24, 2.45) is 0 Å². The van der Waals surface area contributed by atoms with Gasteiger partial charge < -0.3 is 15.4 Å². The van der Waals surface area contributed by atoms with Crippen molar-refractivity contribution < 1.29 is 14.5 Å². The first-order valence-electron chi connectivity index (χ1n) is 9.48. The van der Waals surface area contributed by atoms with Crippen LogP contribution in [0.25, 0.3) is 0 Å². The van der Waals surface area contributed by atoms with Gasteiger partial charge in [-0.15, -0.1) is 0 Å². The predicted molar refractivity (Wildman–Crippen MR) is 117 cm³/mol. The lowest BCUT2D eigenvalue weighted by Gasteiger charge is -2.16. The van der Waals surface area contributed by atoms with Gasteiger partial charge in [0.25, 0.3) is 5.69 Å². The Bertz CT molecular complexity index is 1110. The molecule has 3 rings (SSSR count). The minimum atomic E-state index is -0.532. The number of anilines is 2. The van der Waals surface area contributed by atoms with Crippen molar-refractivity contribution in [2.45, 2.75) is 19.6 Å². The molecule has 0 spiro atoms. The van der Waals surface area contributed by atoms with Gasteiger partial charge in [-0.1, -0.05) is 12.1 Å². The third-order valence-electron chi connectivity index (χ3n) is 4.44. The molecule has 1 amide bonds. The quantitative estimate of drug-likeness (QED) is 0.413. The molecule has 0 aromatic heterocycles. The Hall–Kier alpha value is -4.38. The fraction of sp³-hybridized carbons (Fsp3) is 0.130. The van der Waals surface area contributed by atoms with Crippen LogP contribution in [-0.4, -0.2) is 16.9 Å². The first-order valence-corrected chi connectivity index (χ1v) is 9.48. The second kappa shape index (κ2) is 9.89. The van der Waals surface area contributed by atoms with E-state index in [4.69, 9.17) is 10.00 Å². The maximum Gasteiger partial charge on any atom is 0.269 e. The molecule has 0 radical (unpaired) electrons. The summed E-state index contributed by atoms with van der Waals surface area (Å²) in [5.74, 6) is 0.391. The third kappa shape index (κ3) is 6.05. The molecular formula is C23H20N4O4. The number of nitro benzene ring substituents is 1. The number of nitro groups is 1. The number of hydrogen-bond donors (Lipinski definition) is 2. The van der Waals surface area contributed by atoms with Crippen molar-refractivity contribution >= 4 is 23.0 Å². The molecule has 8 heteroatoms. The largest absolute Gasteiger partial charge is 0.489 e. The number of ether oxygens (including phenoxy) is 1. The maximum atomic E-state index is 12.4. The zero-order chi connectivity index (χ0) is 22.2. The van der Waals surface area contributed by atoms with Gasteiger partial charge in [-0.2, -0.15) is 5.26 Å². The Morgan fingerprint density at radius 1 is 1.10 bits per heavy atom. The molecule has 2 N–H and O–H groups in total. The lowest BCUT2D eigenvalue weighted by molar-refractivity contribution is -0.384. The molecule has 156 valence electrons. The normalized spacial score (nSPS) is 11.1. The molecule has 8 nitrogen and oxygen atoms in total. The zero-order valence-corrected chi connectivity index (χ0v) is 16.7. The number of hydrogen-bond acceptors (Lipinski definition) is 6. The Morgan fingerprint density at radius 3 is 2.42 bits per heavy atom. The molecule has 31 heavy (non-hydrogen) atoms. The number of rotatable bonds is 8. The summed E-state index contributed by atoms with van der Waals surface area (Å²) in [5, 5.41) is 25.5. The van der Waals surface area contributed by atoms with Gasteiger partial charge in [-0.25, -0.2) is 0 Å². The molecule has 0 bridgehead atoms. The highest BCUT2D eigenvalue weighted by Crippen LogP contribution is 2.19. The van der Waals surface area contributed by atoms with E-state index in [1.54, 1.807) is 43.3 Å². The first kappa shape index (κ1) is 21.3. The summed E-state index contributed by atoms with van der Waals surface area (Å²) in [4.78, 5) is 22.6. The van der Waals surface area contributed by atoms with Crippen LogP contribution >= 0.6 is 0 Å². The van der Waals surface area contributed by atoms with E-state index in [9.17, 15) is 14.9 Å². The summed E-state index contributed by atoms with van der Waals surface area (Å²) < 4.78 is 5.74. The molecule has 3 aromatic rings. The van der Waals surface area contributed by atoms with Crippen molar-refractivity contribution in [3.05, 3.63) is 94.0 Å². The summed E-state index contributed by atoms with van der Waals surface area (Å²) in [7, 11) is 0. The topological polar surface area (TPSA) is 117 Å². The molecule has 0 saturated heterocycles. The molecule has 1 atom stereocenters. The second-order valence-corrected chi connectivity index (χ2v) is 6.78. The Kier molecular flexibility index (Phi) is 6.81. The standard InChI is InChI=1S/C23H20N4O4/c1-16(23(28)26-20-5-9-21(10-6-20)27(29)30)25-19-7-11-22(12-8-19)31-15-18-4-2-3-17(13-18)14-24/h2-13,16,25H,15H2,1H3,(H,26,28). The summed E-state index contributed by atoms with van der Waals surface area (Å²) >= 11 is 0. The molecule has 1 unspecified atom stereocenters. The highest BCUT2D eigenvalue weighted by Gasteiger charge is 2.14. The minimum absolute atomic E-state index is 0.0377. The highest BCUT2D eigenvalue weighted by molar-refractivity contribution is 5.96. The van der Waals surface area contributed by atoms with Crippen LogP contribution < -0.4 is 15.4 Å². The van der Waals surface area contributed by atoms with Crippen molar-refractivity contribution in [2.75, 3.05) is 10.6 Å². The first-order chi connectivity index (χ1) is 14.9. The van der Waals surface area contributed by atoms with Crippen LogP contribution in [0.15, 0.2) is 72.8 Å². The average Bonchev–Trinajstić information content (AvgIpc) is 2.79. The fourth-order valence-electron chi connectivity index (χ4n) is 2.78. The van der Waals surface area contributed by atoms with E-state index < -0.39 is 11.0 Å². The Balaban J connectivity index is 1.51. The molecular weight excluding hydrogens is 396 g/mol. The number of benzene rings is 3. The molecule has 0 fully saturated rings. The van der Waals surface area contributed by atoms with E-state index in [0.29, 0.717) is 23.6 Å². The number of carbonyl (C=O) groups excluding carboxylic acids is 1. The number of nitrogens with zero attached hydrogens (tertiary/aromatic N) is 2. The SMILES string of the molecule is CC(Nc1ccc(OCc2cccc(C#N)c2)cc1)C(=O)Nc1ccc([N+](=O)[O-])cc1. The van der Waals surface area contributed by atoms with Gasteiger partial charge in [0.1, 0.15) is 18.4 Å². The summed E-state index contributed by atoms with van der Waals surface area (Å²) in [6, 6.07) is 21.6. The van der Waals surface area contributed by atoms with Crippen molar-refractivity contribution in [1.29, 1.82) is 5.26 Å². The van der Waals surface area contributed by atoms with Gasteiger partial charge in [0.15, 0.2) is 0 Å². The van der Waals surface area contributed by atoms with E-state index in [1.165, 1.54) is 24.3 Å². The van der Waals surface area contributed by atoms with E-state index in [-0.39, 0.29) is 11.6 Å². The van der Waals surface area contributed by atoms with Crippen LogP contribution in [0.1, 0.15) is 18.1 Å². The Morgan fingerprint density at radius 2 is 1.77 bits per heavy atom. The lowest BCUT2D eigenvalue weighted by atomic mass is 10.1. The van der Waals surface area contributed by atoms with E-state index >= 15 is 0 Å². The van der Waals surface area contributed by atoms with Crippen molar-refractivity contribution in [3.63, 3.8) is 0 Å². The van der Waals surface area contributed by atoms with Crippen LogP contribution in [0.2, 0.25) is 0 Å². The molecule has 0 aliphatic rings. The molecule has 0 saturated carbocycles. The number of non-ortho nitro benzene ring substituents is 1. The number of nitriles is 1. The van der Waals surface area contributed by atoms with Gasteiger partial charge in [0.2, 0.25) is 5.91 Å². The fourth-order valence-corrected chi connectivity index (χ4v) is 2.78. The van der Waals surface area contributed by atoms with Gasteiger partial charge in [-0.3, -0.25) is 14.9 Å². The third-order valence-corrected chi connectivity index (χ3v) is 4.44.